The number of methoxy groups -OCH3 is 1. The lowest BCUT2D eigenvalue weighted by atomic mass is 10.2. The van der Waals surface area contributed by atoms with E-state index in [2.05, 4.69) is 11.4 Å². The first-order chi connectivity index (χ1) is 15.0. The Morgan fingerprint density at radius 1 is 0.968 bits per heavy atom. The van der Waals surface area contributed by atoms with E-state index in [9.17, 15) is 14.9 Å². The summed E-state index contributed by atoms with van der Waals surface area (Å²) in [6.45, 7) is 1.50. The number of nitrogens with one attached hydrogen (secondary N) is 1. The maximum Gasteiger partial charge on any atom is 0.340 e. The van der Waals surface area contributed by atoms with E-state index < -0.39 is 18.0 Å². The van der Waals surface area contributed by atoms with Gasteiger partial charge in [0.15, 0.2) is 6.10 Å². The van der Waals surface area contributed by atoms with Gasteiger partial charge in [0.25, 0.3) is 5.91 Å². The van der Waals surface area contributed by atoms with Crippen LogP contribution in [-0.2, 0) is 9.53 Å². The van der Waals surface area contributed by atoms with Crippen LogP contribution in [0.25, 0.3) is 0 Å². The fourth-order valence-electron chi connectivity index (χ4n) is 2.75. The minimum Gasteiger partial charge on any atom is -0.495 e. The van der Waals surface area contributed by atoms with E-state index in [1.807, 2.05) is 12.1 Å². The maximum absolute atomic E-state index is 12.8. The number of esters is 1. The molecule has 0 radical (unpaired) electrons. The molecule has 0 spiro atoms. The molecule has 3 rings (SSSR count). The number of nitrogens with zero attached hydrogens (tertiary/aromatic N) is 1. The molecule has 0 saturated carbocycles. The van der Waals surface area contributed by atoms with E-state index in [1.165, 1.54) is 25.8 Å². The van der Waals surface area contributed by atoms with Crippen molar-refractivity contribution >= 4 is 29.3 Å². The van der Waals surface area contributed by atoms with E-state index in [4.69, 9.17) is 9.47 Å². The predicted molar refractivity (Wildman–Crippen MR) is 118 cm³/mol. The Balaban J connectivity index is 1.73. The van der Waals surface area contributed by atoms with Gasteiger partial charge in [0, 0.05) is 9.79 Å². The molecule has 0 heterocycles. The fraction of sp³-hybridized carbons (Fsp3) is 0.125. The number of anilines is 1. The second-order valence-corrected chi connectivity index (χ2v) is 7.53. The van der Waals surface area contributed by atoms with Crippen LogP contribution in [0, 0.1) is 11.3 Å². The van der Waals surface area contributed by atoms with Gasteiger partial charge in [-0.25, -0.2) is 4.79 Å². The lowest BCUT2D eigenvalue weighted by molar-refractivity contribution is -0.123. The molecule has 0 aliphatic carbocycles. The third kappa shape index (κ3) is 5.44. The largest absolute Gasteiger partial charge is 0.495 e. The Hall–Kier alpha value is -3.76. The number of carbonyl (C=O) groups excluding carboxylic acids is 2. The van der Waals surface area contributed by atoms with Gasteiger partial charge in [-0.15, -0.1) is 0 Å². The summed E-state index contributed by atoms with van der Waals surface area (Å²) in [6.07, 6.45) is -1.03. The Morgan fingerprint density at radius 3 is 2.35 bits per heavy atom. The van der Waals surface area contributed by atoms with Gasteiger partial charge >= 0.3 is 5.97 Å². The summed E-state index contributed by atoms with van der Waals surface area (Å²) in [5, 5.41) is 12.0. The number of hydrogen-bond donors (Lipinski definition) is 1. The molecular weight excluding hydrogens is 412 g/mol. The van der Waals surface area contributed by atoms with Gasteiger partial charge in [0.2, 0.25) is 0 Å². The van der Waals surface area contributed by atoms with Crippen molar-refractivity contribution in [2.24, 2.45) is 0 Å². The first-order valence-electron chi connectivity index (χ1n) is 9.44. The zero-order valence-corrected chi connectivity index (χ0v) is 17.8. The number of hydrogen-bond acceptors (Lipinski definition) is 6. The molecule has 1 N–H and O–H groups in total. The predicted octanol–water partition coefficient (Wildman–Crippen LogP) is 4.90. The molecule has 31 heavy (non-hydrogen) atoms. The molecule has 3 aromatic carbocycles. The zero-order chi connectivity index (χ0) is 22.2. The van der Waals surface area contributed by atoms with Gasteiger partial charge in [0.05, 0.1) is 23.9 Å². The van der Waals surface area contributed by atoms with Crippen molar-refractivity contribution in [3.8, 4) is 11.8 Å². The van der Waals surface area contributed by atoms with Gasteiger partial charge in [-0.1, -0.05) is 48.2 Å². The molecule has 6 nitrogen and oxygen atoms in total. The number of carbonyl (C=O) groups is 2. The van der Waals surface area contributed by atoms with Gasteiger partial charge in [-0.3, -0.25) is 4.79 Å². The van der Waals surface area contributed by atoms with Crippen molar-refractivity contribution in [2.75, 3.05) is 12.4 Å². The molecule has 0 aromatic heterocycles. The highest BCUT2D eigenvalue weighted by Crippen LogP contribution is 2.33. The van der Waals surface area contributed by atoms with Crippen LogP contribution in [-0.4, -0.2) is 25.1 Å². The number of ether oxygens (including phenoxy) is 2. The second kappa shape index (κ2) is 10.3. The number of nitriles is 1. The summed E-state index contributed by atoms with van der Waals surface area (Å²) in [6, 6.07) is 23.2. The van der Waals surface area contributed by atoms with Crippen LogP contribution in [0.5, 0.6) is 5.75 Å². The molecule has 3 aromatic rings. The summed E-state index contributed by atoms with van der Waals surface area (Å²) in [7, 11) is 1.51. The summed E-state index contributed by atoms with van der Waals surface area (Å²) in [5.41, 5.74) is 1.32. The van der Waals surface area contributed by atoms with Gasteiger partial charge in [-0.2, -0.15) is 5.26 Å². The van der Waals surface area contributed by atoms with Crippen LogP contribution in [0.3, 0.4) is 0 Å². The van der Waals surface area contributed by atoms with E-state index in [1.54, 1.807) is 60.7 Å². The van der Waals surface area contributed by atoms with Crippen LogP contribution in [0.2, 0.25) is 0 Å². The monoisotopic (exact) mass is 432 g/mol. The average Bonchev–Trinajstić information content (AvgIpc) is 2.80. The number of amides is 1. The van der Waals surface area contributed by atoms with Crippen LogP contribution in [0.1, 0.15) is 22.8 Å². The topological polar surface area (TPSA) is 88.4 Å². The third-order valence-corrected chi connectivity index (χ3v) is 5.50. The first kappa shape index (κ1) is 21.9. The molecule has 0 bridgehead atoms. The Kier molecular flexibility index (Phi) is 7.31. The van der Waals surface area contributed by atoms with E-state index in [0.717, 1.165) is 4.90 Å². The van der Waals surface area contributed by atoms with Crippen LogP contribution < -0.4 is 10.1 Å². The highest BCUT2D eigenvalue weighted by Gasteiger charge is 2.22. The van der Waals surface area contributed by atoms with E-state index in [-0.39, 0.29) is 0 Å². The Morgan fingerprint density at radius 2 is 1.61 bits per heavy atom. The molecule has 0 aliphatic rings. The van der Waals surface area contributed by atoms with E-state index in [0.29, 0.717) is 27.5 Å². The quantitative estimate of drug-likeness (QED) is 0.534. The lowest BCUT2D eigenvalue weighted by Crippen LogP contribution is -2.30. The molecule has 0 fully saturated rings. The van der Waals surface area contributed by atoms with Crippen LogP contribution in [0.4, 0.5) is 5.69 Å². The lowest BCUT2D eigenvalue weighted by Gasteiger charge is -2.16. The number of benzene rings is 3. The molecular formula is C24H20N2O4S. The fourth-order valence-corrected chi connectivity index (χ4v) is 3.77. The van der Waals surface area contributed by atoms with Gasteiger partial charge < -0.3 is 14.8 Å². The number of para-hydroxylation sites is 2. The number of rotatable bonds is 7. The van der Waals surface area contributed by atoms with Crippen molar-refractivity contribution in [1.82, 2.24) is 0 Å². The smallest absolute Gasteiger partial charge is 0.340 e. The maximum atomic E-state index is 12.8. The normalized spacial score (nSPS) is 11.1. The molecule has 1 atom stereocenters. The second-order valence-electron chi connectivity index (χ2n) is 6.44. The summed E-state index contributed by atoms with van der Waals surface area (Å²) < 4.78 is 10.6. The van der Waals surface area contributed by atoms with Crippen LogP contribution >= 0.6 is 11.8 Å². The van der Waals surface area contributed by atoms with Gasteiger partial charge in [0.1, 0.15) is 11.8 Å². The first-order valence-corrected chi connectivity index (χ1v) is 10.3. The zero-order valence-electron chi connectivity index (χ0n) is 17.0. The standard InChI is InChI=1S/C24H20N2O4S/c1-16(23(27)26-19-11-5-6-12-20(19)29-2)30-24(28)18-10-4-8-14-22(18)31-21-13-7-3-9-17(21)15-25/h3-14,16H,1-2H3,(H,26,27). The minimum absolute atomic E-state index is 0.317. The van der Waals surface area contributed by atoms with Crippen molar-refractivity contribution in [3.05, 3.63) is 83.9 Å². The van der Waals surface area contributed by atoms with Crippen molar-refractivity contribution in [3.63, 3.8) is 0 Å². The molecule has 7 heteroatoms. The summed E-state index contributed by atoms with van der Waals surface area (Å²) >= 11 is 1.30. The van der Waals surface area contributed by atoms with Crippen LogP contribution in [0.15, 0.2) is 82.6 Å². The Bertz CT molecular complexity index is 1140. The van der Waals surface area contributed by atoms with Crippen molar-refractivity contribution in [1.29, 1.82) is 5.26 Å². The molecule has 156 valence electrons. The van der Waals surface area contributed by atoms with E-state index >= 15 is 0 Å². The van der Waals surface area contributed by atoms with Crippen molar-refractivity contribution < 1.29 is 19.1 Å². The summed E-state index contributed by atoms with van der Waals surface area (Å²) in [5.74, 6) is -0.592. The van der Waals surface area contributed by atoms with Gasteiger partial charge in [-0.05, 0) is 43.3 Å². The molecule has 0 saturated heterocycles. The highest BCUT2D eigenvalue weighted by atomic mass is 32.2. The molecule has 1 unspecified atom stereocenters. The Labute approximate surface area is 184 Å². The molecule has 1 amide bonds. The summed E-state index contributed by atoms with van der Waals surface area (Å²) in [4.78, 5) is 26.7. The SMILES string of the molecule is COc1ccccc1NC(=O)C(C)OC(=O)c1ccccc1Sc1ccccc1C#N. The highest BCUT2D eigenvalue weighted by molar-refractivity contribution is 7.99. The third-order valence-electron chi connectivity index (χ3n) is 4.35. The molecule has 0 aliphatic heterocycles. The van der Waals surface area contributed by atoms with Crippen molar-refractivity contribution in [2.45, 2.75) is 22.8 Å². The average molecular weight is 433 g/mol. The minimum atomic E-state index is -1.03.